The van der Waals surface area contributed by atoms with E-state index < -0.39 is 0 Å². The van der Waals surface area contributed by atoms with E-state index in [-0.39, 0.29) is 0 Å². The molecule has 2 aromatic carbocycles. The van der Waals surface area contributed by atoms with Crippen LogP contribution in [0.2, 0.25) is 15.1 Å². The molecular formula is C21H16Cl3N3S. The lowest BCUT2D eigenvalue weighted by atomic mass is 10.1. The van der Waals surface area contributed by atoms with Crippen molar-refractivity contribution < 1.29 is 0 Å². The Hall–Kier alpha value is -1.72. The molecule has 0 aliphatic rings. The molecule has 0 amide bonds. The molecule has 0 N–H and O–H groups in total. The van der Waals surface area contributed by atoms with Crippen LogP contribution in [0, 0.1) is 13.8 Å². The van der Waals surface area contributed by atoms with Gasteiger partial charge in [0.25, 0.3) is 0 Å². The zero-order chi connectivity index (χ0) is 19.8. The lowest BCUT2D eigenvalue weighted by Gasteiger charge is -2.08. The van der Waals surface area contributed by atoms with Crippen LogP contribution in [-0.4, -0.2) is 14.6 Å². The topological polar surface area (TPSA) is 30.2 Å². The van der Waals surface area contributed by atoms with Gasteiger partial charge in [0.1, 0.15) is 5.03 Å². The highest BCUT2D eigenvalue weighted by Gasteiger charge is 2.16. The molecule has 0 bridgehead atoms. The molecule has 28 heavy (non-hydrogen) atoms. The average molecular weight is 449 g/mol. The van der Waals surface area contributed by atoms with Crippen LogP contribution in [-0.2, 0) is 5.75 Å². The van der Waals surface area contributed by atoms with E-state index in [0.717, 1.165) is 38.8 Å². The number of benzene rings is 2. The first kappa shape index (κ1) is 19.6. The average Bonchev–Trinajstić information content (AvgIpc) is 2.97. The number of rotatable bonds is 4. The third-order valence-electron chi connectivity index (χ3n) is 4.38. The maximum Gasteiger partial charge on any atom is 0.164 e. The molecule has 7 heteroatoms. The van der Waals surface area contributed by atoms with Crippen molar-refractivity contribution in [2.24, 2.45) is 0 Å². The van der Waals surface area contributed by atoms with E-state index in [1.165, 1.54) is 0 Å². The van der Waals surface area contributed by atoms with Crippen molar-refractivity contribution in [2.45, 2.75) is 24.6 Å². The maximum absolute atomic E-state index is 6.32. The molecule has 0 radical (unpaired) electrons. The lowest BCUT2D eigenvalue weighted by Crippen LogP contribution is -1.98. The highest BCUT2D eigenvalue weighted by atomic mass is 35.5. The lowest BCUT2D eigenvalue weighted by molar-refractivity contribution is 0.821. The van der Waals surface area contributed by atoms with E-state index in [9.17, 15) is 0 Å². The number of aryl methyl sites for hydroxylation is 2. The molecule has 2 heterocycles. The number of hydrogen-bond donors (Lipinski definition) is 0. The fourth-order valence-electron chi connectivity index (χ4n) is 3.06. The molecule has 0 saturated heterocycles. The Labute approximate surface area is 182 Å². The SMILES string of the molecule is Cc1cc(SCc2ccc(Cl)cc2Cl)n2nc(C)c(-c3ccc(Cl)cc3)c2n1. The summed E-state index contributed by atoms with van der Waals surface area (Å²) in [5.74, 6) is 0.712. The van der Waals surface area contributed by atoms with E-state index in [2.05, 4.69) is 0 Å². The molecule has 0 aliphatic carbocycles. The molecule has 142 valence electrons. The Morgan fingerprint density at radius 3 is 2.36 bits per heavy atom. The minimum absolute atomic E-state index is 0.635. The van der Waals surface area contributed by atoms with E-state index in [4.69, 9.17) is 44.9 Å². The van der Waals surface area contributed by atoms with Crippen LogP contribution < -0.4 is 0 Å². The number of halogens is 3. The second-order valence-electron chi connectivity index (χ2n) is 6.46. The van der Waals surface area contributed by atoms with Crippen molar-refractivity contribution in [3.63, 3.8) is 0 Å². The fourth-order valence-corrected chi connectivity index (χ4v) is 4.80. The smallest absolute Gasteiger partial charge is 0.164 e. The zero-order valence-electron chi connectivity index (χ0n) is 15.2. The first-order valence-corrected chi connectivity index (χ1v) is 10.7. The Bertz CT molecular complexity index is 1170. The third kappa shape index (κ3) is 3.87. The van der Waals surface area contributed by atoms with Crippen LogP contribution in [0.15, 0.2) is 53.6 Å². The minimum Gasteiger partial charge on any atom is -0.233 e. The molecule has 2 aromatic heterocycles. The molecular weight excluding hydrogens is 433 g/mol. The van der Waals surface area contributed by atoms with Gasteiger partial charge in [-0.15, -0.1) is 11.8 Å². The van der Waals surface area contributed by atoms with Crippen LogP contribution in [0.3, 0.4) is 0 Å². The number of nitrogens with zero attached hydrogens (tertiary/aromatic N) is 3. The minimum atomic E-state index is 0.635. The summed E-state index contributed by atoms with van der Waals surface area (Å²) in [5, 5.41) is 7.77. The quantitative estimate of drug-likeness (QED) is 0.243. The number of aromatic nitrogens is 3. The highest BCUT2D eigenvalue weighted by Crippen LogP contribution is 2.33. The van der Waals surface area contributed by atoms with Crippen LogP contribution in [0.4, 0.5) is 0 Å². The van der Waals surface area contributed by atoms with Crippen LogP contribution >= 0.6 is 46.6 Å². The summed E-state index contributed by atoms with van der Waals surface area (Å²) < 4.78 is 1.90. The van der Waals surface area contributed by atoms with Crippen LogP contribution in [0.25, 0.3) is 16.8 Å². The zero-order valence-corrected chi connectivity index (χ0v) is 18.3. The summed E-state index contributed by atoms with van der Waals surface area (Å²) in [5.41, 5.74) is 5.79. The van der Waals surface area contributed by atoms with Gasteiger partial charge in [-0.25, -0.2) is 9.50 Å². The molecule has 0 unspecified atom stereocenters. The van der Waals surface area contributed by atoms with E-state index in [0.29, 0.717) is 20.8 Å². The first-order chi connectivity index (χ1) is 13.4. The second kappa shape index (κ2) is 7.96. The van der Waals surface area contributed by atoms with Gasteiger partial charge in [-0.05, 0) is 55.3 Å². The monoisotopic (exact) mass is 447 g/mol. The Morgan fingerprint density at radius 1 is 0.929 bits per heavy atom. The van der Waals surface area contributed by atoms with Crippen molar-refractivity contribution >= 4 is 52.2 Å². The number of hydrogen-bond acceptors (Lipinski definition) is 3. The summed E-state index contributed by atoms with van der Waals surface area (Å²) in [7, 11) is 0. The van der Waals surface area contributed by atoms with Gasteiger partial charge >= 0.3 is 0 Å². The highest BCUT2D eigenvalue weighted by molar-refractivity contribution is 7.98. The van der Waals surface area contributed by atoms with E-state index in [1.54, 1.807) is 17.8 Å². The molecule has 4 rings (SSSR count). The summed E-state index contributed by atoms with van der Waals surface area (Å²) in [6, 6.07) is 15.4. The number of thioether (sulfide) groups is 1. The largest absolute Gasteiger partial charge is 0.233 e. The molecule has 0 fully saturated rings. The van der Waals surface area contributed by atoms with Crippen molar-refractivity contribution in [1.82, 2.24) is 14.6 Å². The van der Waals surface area contributed by atoms with Gasteiger partial charge in [0.15, 0.2) is 5.65 Å². The Morgan fingerprint density at radius 2 is 1.64 bits per heavy atom. The predicted molar refractivity (Wildman–Crippen MR) is 119 cm³/mol. The van der Waals surface area contributed by atoms with Gasteiger partial charge in [-0.3, -0.25) is 0 Å². The van der Waals surface area contributed by atoms with E-state index in [1.807, 2.05) is 60.8 Å². The van der Waals surface area contributed by atoms with Crippen molar-refractivity contribution in [3.8, 4) is 11.1 Å². The Kier molecular flexibility index (Phi) is 5.57. The van der Waals surface area contributed by atoms with E-state index >= 15 is 0 Å². The van der Waals surface area contributed by atoms with Gasteiger partial charge < -0.3 is 0 Å². The molecule has 0 atom stereocenters. The van der Waals surface area contributed by atoms with Crippen molar-refractivity contribution in [1.29, 1.82) is 0 Å². The summed E-state index contributed by atoms with van der Waals surface area (Å²) in [4.78, 5) is 4.75. The molecule has 4 aromatic rings. The van der Waals surface area contributed by atoms with Gasteiger partial charge in [-0.1, -0.05) is 53.0 Å². The normalized spacial score (nSPS) is 11.3. The van der Waals surface area contributed by atoms with Gasteiger partial charge in [0.2, 0.25) is 0 Å². The molecule has 0 spiro atoms. The maximum atomic E-state index is 6.32. The van der Waals surface area contributed by atoms with Gasteiger partial charge in [0.05, 0.1) is 5.69 Å². The second-order valence-corrected chi connectivity index (χ2v) is 8.74. The molecule has 0 saturated carbocycles. The summed E-state index contributed by atoms with van der Waals surface area (Å²) in [6.45, 7) is 3.99. The fraction of sp³-hybridized carbons (Fsp3) is 0.143. The van der Waals surface area contributed by atoms with Gasteiger partial charge in [0, 0.05) is 32.1 Å². The third-order valence-corrected chi connectivity index (χ3v) is 6.26. The van der Waals surface area contributed by atoms with Crippen molar-refractivity contribution in [3.05, 3.63) is 80.6 Å². The predicted octanol–water partition coefficient (Wildman–Crippen LogP) is 7.27. The number of fused-ring (bicyclic) bond motifs is 1. The van der Waals surface area contributed by atoms with Gasteiger partial charge in [-0.2, -0.15) is 5.10 Å². The van der Waals surface area contributed by atoms with Crippen LogP contribution in [0.5, 0.6) is 0 Å². The Balaban J connectivity index is 1.75. The van der Waals surface area contributed by atoms with Crippen LogP contribution in [0.1, 0.15) is 17.0 Å². The molecule has 0 aliphatic heterocycles. The first-order valence-electron chi connectivity index (χ1n) is 8.62. The van der Waals surface area contributed by atoms with Crippen molar-refractivity contribution in [2.75, 3.05) is 0 Å². The summed E-state index contributed by atoms with van der Waals surface area (Å²) in [6.07, 6.45) is 0. The summed E-state index contributed by atoms with van der Waals surface area (Å²) >= 11 is 20.0. The standard InChI is InChI=1S/C21H16Cl3N3S/c1-12-9-19(28-11-15-5-8-17(23)10-18(15)24)27-21(25-12)20(13(2)26-27)14-3-6-16(22)7-4-14/h3-10H,11H2,1-2H3. The molecule has 3 nitrogen and oxygen atoms in total.